The third-order valence-corrected chi connectivity index (χ3v) is 3.44. The average molecular weight is 282 g/mol. The number of nitrogens with one attached hydrogen (secondary N) is 2. The number of rotatable bonds is 7. The molecular weight excluding hydrogens is 260 g/mol. The van der Waals surface area contributed by atoms with Crippen LogP contribution in [0.2, 0.25) is 0 Å². The molecule has 1 amide bonds. The molecule has 1 atom stereocenters. The van der Waals surface area contributed by atoms with Crippen molar-refractivity contribution in [2.75, 3.05) is 13.6 Å². The standard InChI is InChI=1S/C18H22N2O/c1-19-14-18(21)20-17(16-10-6-3-7-11-16)13-12-15-8-4-2-5-9-15/h2-11,17,19H,12-14H2,1H3,(H,20,21). The summed E-state index contributed by atoms with van der Waals surface area (Å²) in [5, 5.41) is 5.99. The van der Waals surface area contributed by atoms with E-state index in [2.05, 4.69) is 34.9 Å². The average Bonchev–Trinajstić information content (AvgIpc) is 2.53. The minimum atomic E-state index is 0.0272. The van der Waals surface area contributed by atoms with Crippen molar-refractivity contribution in [2.24, 2.45) is 0 Å². The van der Waals surface area contributed by atoms with Crippen LogP contribution in [0.5, 0.6) is 0 Å². The lowest BCUT2D eigenvalue weighted by molar-refractivity contribution is -0.120. The molecule has 0 spiro atoms. The number of hydrogen-bond acceptors (Lipinski definition) is 2. The van der Waals surface area contributed by atoms with Crippen molar-refractivity contribution in [1.29, 1.82) is 0 Å². The zero-order chi connectivity index (χ0) is 14.9. The van der Waals surface area contributed by atoms with Crippen LogP contribution in [0.1, 0.15) is 23.6 Å². The largest absolute Gasteiger partial charge is 0.348 e. The summed E-state index contributed by atoms with van der Waals surface area (Å²) in [6, 6.07) is 20.6. The lowest BCUT2D eigenvalue weighted by Gasteiger charge is -2.19. The summed E-state index contributed by atoms with van der Waals surface area (Å²) in [6.07, 6.45) is 1.84. The summed E-state index contributed by atoms with van der Waals surface area (Å²) in [5.41, 5.74) is 2.44. The minimum Gasteiger partial charge on any atom is -0.348 e. The third kappa shape index (κ3) is 5.04. The molecule has 3 nitrogen and oxygen atoms in total. The van der Waals surface area contributed by atoms with Crippen LogP contribution in [0.15, 0.2) is 60.7 Å². The quantitative estimate of drug-likeness (QED) is 0.820. The molecule has 0 fully saturated rings. The minimum absolute atomic E-state index is 0.0272. The Bertz CT molecular complexity index is 540. The molecule has 0 bridgehead atoms. The van der Waals surface area contributed by atoms with E-state index in [-0.39, 0.29) is 11.9 Å². The summed E-state index contributed by atoms with van der Waals surface area (Å²) in [7, 11) is 1.78. The molecule has 0 aliphatic heterocycles. The van der Waals surface area contributed by atoms with Gasteiger partial charge in [-0.1, -0.05) is 60.7 Å². The molecule has 21 heavy (non-hydrogen) atoms. The van der Waals surface area contributed by atoms with E-state index in [1.54, 1.807) is 7.05 Å². The Morgan fingerprint density at radius 1 is 1.00 bits per heavy atom. The van der Waals surface area contributed by atoms with Gasteiger partial charge in [0.15, 0.2) is 0 Å². The van der Waals surface area contributed by atoms with Gasteiger partial charge in [-0.25, -0.2) is 0 Å². The number of amides is 1. The molecule has 0 aromatic heterocycles. The van der Waals surface area contributed by atoms with Crippen molar-refractivity contribution in [3.05, 3.63) is 71.8 Å². The van der Waals surface area contributed by atoms with Crippen LogP contribution in [0.25, 0.3) is 0 Å². The van der Waals surface area contributed by atoms with Crippen LogP contribution in [0, 0.1) is 0 Å². The molecule has 2 rings (SSSR count). The first-order valence-electron chi connectivity index (χ1n) is 7.32. The Kier molecular flexibility index (Phi) is 5.98. The molecule has 2 aromatic carbocycles. The highest BCUT2D eigenvalue weighted by molar-refractivity contribution is 5.78. The van der Waals surface area contributed by atoms with Gasteiger partial charge in [0.2, 0.25) is 5.91 Å². The van der Waals surface area contributed by atoms with E-state index in [9.17, 15) is 4.79 Å². The molecule has 1 unspecified atom stereocenters. The monoisotopic (exact) mass is 282 g/mol. The van der Waals surface area contributed by atoms with Gasteiger partial charge >= 0.3 is 0 Å². The van der Waals surface area contributed by atoms with Crippen molar-refractivity contribution in [3.63, 3.8) is 0 Å². The van der Waals surface area contributed by atoms with E-state index in [4.69, 9.17) is 0 Å². The zero-order valence-electron chi connectivity index (χ0n) is 12.4. The maximum absolute atomic E-state index is 11.9. The van der Waals surface area contributed by atoms with Gasteiger partial charge in [0, 0.05) is 0 Å². The molecule has 0 saturated heterocycles. The van der Waals surface area contributed by atoms with Gasteiger partial charge in [0.05, 0.1) is 12.6 Å². The second kappa shape index (κ2) is 8.22. The Morgan fingerprint density at radius 2 is 1.62 bits per heavy atom. The van der Waals surface area contributed by atoms with Crippen molar-refractivity contribution >= 4 is 5.91 Å². The maximum atomic E-state index is 11.9. The van der Waals surface area contributed by atoms with E-state index in [0.29, 0.717) is 6.54 Å². The fourth-order valence-corrected chi connectivity index (χ4v) is 2.37. The number of carbonyl (C=O) groups excluding carboxylic acids is 1. The van der Waals surface area contributed by atoms with Crippen LogP contribution >= 0.6 is 0 Å². The smallest absolute Gasteiger partial charge is 0.234 e. The number of likely N-dealkylation sites (N-methyl/N-ethyl adjacent to an activating group) is 1. The van der Waals surface area contributed by atoms with Crippen LogP contribution < -0.4 is 10.6 Å². The van der Waals surface area contributed by atoms with Crippen molar-refractivity contribution in [1.82, 2.24) is 10.6 Å². The second-order valence-electron chi connectivity index (χ2n) is 5.09. The van der Waals surface area contributed by atoms with E-state index in [1.807, 2.05) is 36.4 Å². The Hall–Kier alpha value is -2.13. The maximum Gasteiger partial charge on any atom is 0.234 e. The van der Waals surface area contributed by atoms with E-state index >= 15 is 0 Å². The Morgan fingerprint density at radius 3 is 2.24 bits per heavy atom. The summed E-state index contributed by atoms with van der Waals surface area (Å²) in [5.74, 6) is 0.0272. The van der Waals surface area contributed by atoms with Crippen molar-refractivity contribution in [3.8, 4) is 0 Å². The molecule has 0 aliphatic carbocycles. The summed E-state index contributed by atoms with van der Waals surface area (Å²) < 4.78 is 0. The molecule has 0 saturated carbocycles. The zero-order valence-corrected chi connectivity index (χ0v) is 12.4. The van der Waals surface area contributed by atoms with Gasteiger partial charge in [-0.15, -0.1) is 0 Å². The summed E-state index contributed by atoms with van der Waals surface area (Å²) in [4.78, 5) is 11.9. The molecular formula is C18H22N2O. The molecule has 2 N–H and O–H groups in total. The first kappa shape index (κ1) is 15.3. The Balaban J connectivity index is 2.03. The molecule has 0 heterocycles. The van der Waals surface area contributed by atoms with Gasteiger partial charge in [-0.3, -0.25) is 4.79 Å². The Labute approximate surface area is 126 Å². The van der Waals surface area contributed by atoms with E-state index in [0.717, 1.165) is 18.4 Å². The van der Waals surface area contributed by atoms with Crippen molar-refractivity contribution in [2.45, 2.75) is 18.9 Å². The SMILES string of the molecule is CNCC(=O)NC(CCc1ccccc1)c1ccccc1. The van der Waals surface area contributed by atoms with E-state index < -0.39 is 0 Å². The number of benzene rings is 2. The normalized spacial score (nSPS) is 11.9. The molecule has 0 aliphatic rings. The van der Waals surface area contributed by atoms with Gasteiger partial charge in [-0.2, -0.15) is 0 Å². The van der Waals surface area contributed by atoms with E-state index in [1.165, 1.54) is 5.56 Å². The highest BCUT2D eigenvalue weighted by atomic mass is 16.1. The summed E-state index contributed by atoms with van der Waals surface area (Å²) >= 11 is 0. The summed E-state index contributed by atoms with van der Waals surface area (Å²) in [6.45, 7) is 0.342. The molecule has 3 heteroatoms. The predicted molar refractivity (Wildman–Crippen MR) is 86.0 cm³/mol. The first-order valence-corrected chi connectivity index (χ1v) is 7.32. The van der Waals surface area contributed by atoms with Gasteiger partial charge in [-0.05, 0) is 31.0 Å². The first-order chi connectivity index (χ1) is 10.3. The van der Waals surface area contributed by atoms with Crippen LogP contribution in [0.4, 0.5) is 0 Å². The fraction of sp³-hybridized carbons (Fsp3) is 0.278. The van der Waals surface area contributed by atoms with Gasteiger partial charge in [0.1, 0.15) is 0 Å². The predicted octanol–water partition coefficient (Wildman–Crippen LogP) is 2.70. The number of carbonyl (C=O) groups is 1. The highest BCUT2D eigenvalue weighted by Gasteiger charge is 2.13. The topological polar surface area (TPSA) is 41.1 Å². The second-order valence-corrected chi connectivity index (χ2v) is 5.09. The lowest BCUT2D eigenvalue weighted by Crippen LogP contribution is -2.35. The lowest BCUT2D eigenvalue weighted by atomic mass is 9.99. The molecule has 0 radical (unpaired) electrons. The van der Waals surface area contributed by atoms with Gasteiger partial charge < -0.3 is 10.6 Å². The van der Waals surface area contributed by atoms with Crippen LogP contribution in [0.3, 0.4) is 0 Å². The van der Waals surface area contributed by atoms with Crippen LogP contribution in [-0.4, -0.2) is 19.5 Å². The molecule has 110 valence electrons. The van der Waals surface area contributed by atoms with Crippen LogP contribution in [-0.2, 0) is 11.2 Å². The van der Waals surface area contributed by atoms with Gasteiger partial charge in [0.25, 0.3) is 0 Å². The third-order valence-electron chi connectivity index (χ3n) is 3.44. The fourth-order valence-electron chi connectivity index (χ4n) is 2.37. The molecule has 2 aromatic rings. The number of aryl methyl sites for hydroxylation is 1. The van der Waals surface area contributed by atoms with Crippen molar-refractivity contribution < 1.29 is 4.79 Å². The number of hydrogen-bond donors (Lipinski definition) is 2. The highest BCUT2D eigenvalue weighted by Crippen LogP contribution is 2.19.